The highest BCUT2D eigenvalue weighted by atomic mass is 16.1. The van der Waals surface area contributed by atoms with E-state index in [1.807, 2.05) is 6.07 Å². The first-order valence-electron chi connectivity index (χ1n) is 6.00. The minimum Gasteiger partial charge on any atom is -0.314 e. The molecule has 0 bridgehead atoms. The number of carbonyl (C=O) groups is 1. The molecule has 0 amide bonds. The van der Waals surface area contributed by atoms with Gasteiger partial charge in [0.15, 0.2) is 5.78 Å². The number of rotatable bonds is 3. The van der Waals surface area contributed by atoms with Gasteiger partial charge in [0.25, 0.3) is 0 Å². The molecule has 0 aromatic heterocycles. The molecule has 0 N–H and O–H groups in total. The van der Waals surface area contributed by atoms with Gasteiger partial charge in [-0.25, -0.2) is 0 Å². The molecule has 1 aromatic rings. The minimum atomic E-state index is 0.209. The Morgan fingerprint density at radius 1 is 1.38 bits per heavy atom. The van der Waals surface area contributed by atoms with Crippen LogP contribution in [-0.4, -0.2) is 29.9 Å². The summed E-state index contributed by atoms with van der Waals surface area (Å²) < 4.78 is 0.888. The van der Waals surface area contributed by atoms with Crippen molar-refractivity contribution in [3.05, 3.63) is 35.9 Å². The summed E-state index contributed by atoms with van der Waals surface area (Å²) in [7, 11) is 2.21. The largest absolute Gasteiger partial charge is 0.314 e. The van der Waals surface area contributed by atoms with E-state index in [9.17, 15) is 4.79 Å². The molecule has 2 nitrogen and oxygen atoms in total. The summed E-state index contributed by atoms with van der Waals surface area (Å²) in [5.41, 5.74) is 1.33. The zero-order chi connectivity index (χ0) is 11.6. The molecule has 1 saturated heterocycles. The van der Waals surface area contributed by atoms with Crippen molar-refractivity contribution < 1.29 is 9.28 Å². The number of likely N-dealkylation sites (tertiary alicyclic amines) is 1. The number of likely N-dealkylation sites (N-methyl/N-ethyl adjacent to an activating group) is 1. The highest BCUT2D eigenvalue weighted by molar-refractivity contribution is 5.80. The van der Waals surface area contributed by atoms with Crippen molar-refractivity contribution in [1.82, 2.24) is 0 Å². The van der Waals surface area contributed by atoms with Crippen LogP contribution in [0.1, 0.15) is 25.3 Å². The van der Waals surface area contributed by atoms with Crippen molar-refractivity contribution >= 4 is 5.78 Å². The molecule has 86 valence electrons. The average Bonchev–Trinajstić information content (AvgIpc) is 2.61. The van der Waals surface area contributed by atoms with E-state index in [0.717, 1.165) is 24.0 Å². The summed E-state index contributed by atoms with van der Waals surface area (Å²) in [6, 6.07) is 10.7. The lowest BCUT2D eigenvalue weighted by atomic mass is 10.1. The molecule has 2 atom stereocenters. The molecule has 2 rings (SSSR count). The summed E-state index contributed by atoms with van der Waals surface area (Å²) in [6.45, 7) is 3.84. The van der Waals surface area contributed by atoms with Crippen molar-refractivity contribution in [2.75, 3.05) is 13.6 Å². The van der Waals surface area contributed by atoms with Crippen LogP contribution in [0, 0.1) is 0 Å². The van der Waals surface area contributed by atoms with Crippen LogP contribution in [0.4, 0.5) is 0 Å². The van der Waals surface area contributed by atoms with E-state index >= 15 is 0 Å². The molecule has 1 heterocycles. The van der Waals surface area contributed by atoms with Gasteiger partial charge in [0.2, 0.25) is 0 Å². The third-order valence-corrected chi connectivity index (χ3v) is 3.75. The molecular weight excluding hydrogens is 198 g/mol. The summed E-state index contributed by atoms with van der Waals surface area (Å²) in [5.74, 6) is 0.343. The molecule has 1 aliphatic rings. The van der Waals surface area contributed by atoms with Crippen LogP contribution in [0.2, 0.25) is 0 Å². The maximum absolute atomic E-state index is 11.6. The Hall–Kier alpha value is -1.15. The van der Waals surface area contributed by atoms with Gasteiger partial charge in [0.1, 0.15) is 12.6 Å². The second-order valence-corrected chi connectivity index (χ2v) is 5.12. The molecule has 1 aliphatic heterocycles. The van der Waals surface area contributed by atoms with Crippen LogP contribution in [0.25, 0.3) is 0 Å². The monoisotopic (exact) mass is 218 g/mol. The highest BCUT2D eigenvalue weighted by Gasteiger charge is 2.40. The number of hydrogen-bond donors (Lipinski definition) is 0. The fourth-order valence-electron chi connectivity index (χ4n) is 2.95. The molecule has 0 radical (unpaired) electrons. The van der Waals surface area contributed by atoms with Gasteiger partial charge in [-0.3, -0.25) is 4.79 Å². The van der Waals surface area contributed by atoms with Gasteiger partial charge in [-0.1, -0.05) is 30.3 Å². The van der Waals surface area contributed by atoms with Gasteiger partial charge in [0.05, 0.1) is 13.6 Å². The number of hydrogen-bond acceptors (Lipinski definition) is 1. The lowest BCUT2D eigenvalue weighted by molar-refractivity contribution is -0.925. The molecule has 0 aliphatic carbocycles. The second kappa shape index (κ2) is 4.38. The Kier molecular flexibility index (Phi) is 3.10. The SMILES string of the molecule is CC(=O)C1CCC[N+]1(C)Cc1ccccc1. The Morgan fingerprint density at radius 2 is 2.06 bits per heavy atom. The zero-order valence-electron chi connectivity index (χ0n) is 10.1. The van der Waals surface area contributed by atoms with Gasteiger partial charge in [-0.15, -0.1) is 0 Å². The number of Topliss-reactive ketones (excluding diaryl/α,β-unsaturated/α-hetero) is 1. The smallest absolute Gasteiger partial charge is 0.186 e. The molecule has 1 fully saturated rings. The van der Waals surface area contributed by atoms with E-state index in [-0.39, 0.29) is 6.04 Å². The molecule has 0 spiro atoms. The topological polar surface area (TPSA) is 17.1 Å². The van der Waals surface area contributed by atoms with Gasteiger partial charge in [-0.05, 0) is 0 Å². The van der Waals surface area contributed by atoms with Crippen LogP contribution in [0.15, 0.2) is 30.3 Å². The summed E-state index contributed by atoms with van der Waals surface area (Å²) in [4.78, 5) is 11.6. The van der Waals surface area contributed by atoms with Gasteiger partial charge >= 0.3 is 0 Å². The average molecular weight is 218 g/mol. The van der Waals surface area contributed by atoms with Crippen LogP contribution >= 0.6 is 0 Å². The van der Waals surface area contributed by atoms with Gasteiger partial charge < -0.3 is 4.48 Å². The Balaban J connectivity index is 2.16. The van der Waals surface area contributed by atoms with Crippen LogP contribution < -0.4 is 0 Å². The van der Waals surface area contributed by atoms with Crippen molar-refractivity contribution in [3.63, 3.8) is 0 Å². The summed E-state index contributed by atoms with van der Waals surface area (Å²) >= 11 is 0. The number of carbonyl (C=O) groups excluding carboxylic acids is 1. The molecule has 2 unspecified atom stereocenters. The fraction of sp³-hybridized carbons (Fsp3) is 0.500. The lowest BCUT2D eigenvalue weighted by Gasteiger charge is -2.35. The van der Waals surface area contributed by atoms with Gasteiger partial charge in [-0.2, -0.15) is 0 Å². The van der Waals surface area contributed by atoms with E-state index in [0.29, 0.717) is 5.78 Å². The van der Waals surface area contributed by atoms with Crippen molar-refractivity contribution in [1.29, 1.82) is 0 Å². The van der Waals surface area contributed by atoms with E-state index < -0.39 is 0 Å². The van der Waals surface area contributed by atoms with Crippen molar-refractivity contribution in [3.8, 4) is 0 Å². The third-order valence-electron chi connectivity index (χ3n) is 3.75. The van der Waals surface area contributed by atoms with Crippen molar-refractivity contribution in [2.45, 2.75) is 32.4 Å². The standard InChI is InChI=1S/C14H20NO/c1-12(16)14-9-6-10-15(14,2)11-13-7-4-3-5-8-13/h3-5,7-8,14H,6,9-11H2,1-2H3/q+1. The molecule has 16 heavy (non-hydrogen) atoms. The van der Waals surface area contributed by atoms with E-state index in [2.05, 4.69) is 31.3 Å². The number of nitrogens with zero attached hydrogens (tertiary/aromatic N) is 1. The van der Waals surface area contributed by atoms with Gasteiger partial charge in [0, 0.05) is 25.3 Å². The predicted molar refractivity (Wildman–Crippen MR) is 64.9 cm³/mol. The van der Waals surface area contributed by atoms with E-state index in [4.69, 9.17) is 0 Å². The normalized spacial score (nSPS) is 29.2. The first-order chi connectivity index (χ1) is 7.62. The third kappa shape index (κ3) is 2.17. The predicted octanol–water partition coefficient (Wildman–Crippen LogP) is 2.38. The second-order valence-electron chi connectivity index (χ2n) is 5.12. The quantitative estimate of drug-likeness (QED) is 0.712. The minimum absolute atomic E-state index is 0.209. The molecule has 0 saturated carbocycles. The Labute approximate surface area is 97.5 Å². The number of quaternary nitrogens is 1. The molecule has 1 aromatic carbocycles. The van der Waals surface area contributed by atoms with E-state index in [1.165, 1.54) is 12.0 Å². The first kappa shape index (κ1) is 11.3. The molecular formula is C14H20NO+. The zero-order valence-corrected chi connectivity index (χ0v) is 10.1. The highest BCUT2D eigenvalue weighted by Crippen LogP contribution is 2.28. The molecule has 2 heteroatoms. The van der Waals surface area contributed by atoms with Crippen molar-refractivity contribution in [2.24, 2.45) is 0 Å². The summed E-state index contributed by atoms with van der Waals surface area (Å²) in [5, 5.41) is 0. The number of ketones is 1. The van der Waals surface area contributed by atoms with Crippen LogP contribution in [-0.2, 0) is 11.3 Å². The maximum Gasteiger partial charge on any atom is 0.186 e. The first-order valence-corrected chi connectivity index (χ1v) is 6.00. The lowest BCUT2D eigenvalue weighted by Crippen LogP contribution is -2.50. The maximum atomic E-state index is 11.6. The van der Waals surface area contributed by atoms with E-state index in [1.54, 1.807) is 6.92 Å². The van der Waals surface area contributed by atoms with Crippen LogP contribution in [0.3, 0.4) is 0 Å². The van der Waals surface area contributed by atoms with Crippen LogP contribution in [0.5, 0.6) is 0 Å². The Morgan fingerprint density at radius 3 is 2.69 bits per heavy atom. The Bertz CT molecular complexity index is 374. The fourth-order valence-corrected chi connectivity index (χ4v) is 2.95. The summed E-state index contributed by atoms with van der Waals surface area (Å²) in [6.07, 6.45) is 2.23. The number of benzene rings is 1.